The normalized spacial score (nSPS) is 11.2. The van der Waals surface area contributed by atoms with Crippen molar-refractivity contribution in [3.63, 3.8) is 0 Å². The van der Waals surface area contributed by atoms with Crippen LogP contribution in [0.4, 0.5) is 11.4 Å². The summed E-state index contributed by atoms with van der Waals surface area (Å²) in [6.45, 7) is 0.0390. The van der Waals surface area contributed by atoms with Crippen molar-refractivity contribution in [1.29, 1.82) is 0 Å². The molecule has 0 saturated heterocycles. The maximum atomic E-state index is 11.9. The molecule has 112 valence electrons. The van der Waals surface area contributed by atoms with E-state index in [0.29, 0.717) is 11.3 Å². The molecule has 0 atom stereocenters. The van der Waals surface area contributed by atoms with Crippen molar-refractivity contribution in [2.75, 3.05) is 44.1 Å². The SMILES string of the molecule is CNS(=O)(=O)CCNC(=O)c1ccc(N(C)C)c(N)c1. The monoisotopic (exact) mass is 300 g/mol. The van der Waals surface area contributed by atoms with Gasteiger partial charge in [0.25, 0.3) is 5.91 Å². The number of carbonyl (C=O) groups is 1. The van der Waals surface area contributed by atoms with Crippen molar-refractivity contribution < 1.29 is 13.2 Å². The smallest absolute Gasteiger partial charge is 0.251 e. The number of carbonyl (C=O) groups excluding carboxylic acids is 1. The summed E-state index contributed by atoms with van der Waals surface area (Å²) < 4.78 is 24.6. The first-order valence-corrected chi connectivity index (χ1v) is 7.68. The molecule has 0 aliphatic rings. The fourth-order valence-electron chi connectivity index (χ4n) is 1.61. The van der Waals surface area contributed by atoms with Crippen LogP contribution in [0.2, 0.25) is 0 Å². The second-order valence-corrected chi connectivity index (χ2v) is 6.49. The van der Waals surface area contributed by atoms with Crippen LogP contribution < -0.4 is 20.7 Å². The zero-order chi connectivity index (χ0) is 15.3. The van der Waals surface area contributed by atoms with E-state index in [9.17, 15) is 13.2 Å². The molecule has 0 spiro atoms. The predicted octanol–water partition coefficient (Wildman–Crippen LogP) is -0.386. The van der Waals surface area contributed by atoms with E-state index in [-0.39, 0.29) is 18.2 Å². The lowest BCUT2D eigenvalue weighted by atomic mass is 10.1. The molecule has 0 aliphatic carbocycles. The molecule has 1 aromatic rings. The number of nitrogen functional groups attached to an aromatic ring is 1. The summed E-state index contributed by atoms with van der Waals surface area (Å²) in [4.78, 5) is 13.7. The van der Waals surface area contributed by atoms with Crippen LogP contribution >= 0.6 is 0 Å². The van der Waals surface area contributed by atoms with Crippen molar-refractivity contribution in [3.8, 4) is 0 Å². The Morgan fingerprint density at radius 1 is 1.35 bits per heavy atom. The summed E-state index contributed by atoms with van der Waals surface area (Å²) in [7, 11) is 1.72. The largest absolute Gasteiger partial charge is 0.397 e. The van der Waals surface area contributed by atoms with Crippen LogP contribution in [0.15, 0.2) is 18.2 Å². The molecule has 1 aromatic carbocycles. The minimum Gasteiger partial charge on any atom is -0.397 e. The highest BCUT2D eigenvalue weighted by Gasteiger charge is 2.11. The second-order valence-electron chi connectivity index (χ2n) is 4.45. The Labute approximate surface area is 119 Å². The maximum absolute atomic E-state index is 11.9. The van der Waals surface area contributed by atoms with Gasteiger partial charge in [0.15, 0.2) is 0 Å². The van der Waals surface area contributed by atoms with Gasteiger partial charge in [-0.1, -0.05) is 0 Å². The number of amides is 1. The molecule has 0 aliphatic heterocycles. The van der Waals surface area contributed by atoms with Crippen molar-refractivity contribution >= 4 is 27.3 Å². The lowest BCUT2D eigenvalue weighted by Gasteiger charge is -2.15. The van der Waals surface area contributed by atoms with Crippen LogP contribution in [-0.2, 0) is 10.0 Å². The number of nitrogens with zero attached hydrogens (tertiary/aromatic N) is 1. The Bertz CT molecular complexity index is 584. The number of nitrogens with two attached hydrogens (primary N) is 1. The van der Waals surface area contributed by atoms with Crippen molar-refractivity contribution in [2.24, 2.45) is 0 Å². The average molecular weight is 300 g/mol. The van der Waals surface area contributed by atoms with E-state index in [1.54, 1.807) is 18.2 Å². The third kappa shape index (κ3) is 4.39. The highest BCUT2D eigenvalue weighted by Crippen LogP contribution is 2.22. The topological polar surface area (TPSA) is 105 Å². The number of rotatable bonds is 6. The lowest BCUT2D eigenvalue weighted by molar-refractivity contribution is 0.0956. The van der Waals surface area contributed by atoms with Gasteiger partial charge in [0.05, 0.1) is 17.1 Å². The Hall–Kier alpha value is -1.80. The standard InChI is InChI=1S/C12H20N4O3S/c1-14-20(18,19)7-6-15-12(17)9-4-5-11(16(2)3)10(13)8-9/h4-5,8,14H,6-7,13H2,1-3H3,(H,15,17). The molecular formula is C12H20N4O3S. The molecule has 0 aromatic heterocycles. The van der Waals surface area contributed by atoms with E-state index >= 15 is 0 Å². The summed E-state index contributed by atoms with van der Waals surface area (Å²) in [5, 5.41) is 2.54. The lowest BCUT2D eigenvalue weighted by Crippen LogP contribution is -2.33. The first-order valence-electron chi connectivity index (χ1n) is 6.03. The zero-order valence-electron chi connectivity index (χ0n) is 11.8. The second kappa shape index (κ2) is 6.58. The molecule has 0 fully saturated rings. The average Bonchev–Trinajstić information content (AvgIpc) is 2.37. The van der Waals surface area contributed by atoms with Crippen LogP contribution in [0.25, 0.3) is 0 Å². The Kier molecular flexibility index (Phi) is 5.34. The fraction of sp³-hybridized carbons (Fsp3) is 0.417. The summed E-state index contributed by atoms with van der Waals surface area (Å²) in [5.74, 6) is -0.520. The van der Waals surface area contributed by atoms with E-state index in [1.807, 2.05) is 19.0 Å². The van der Waals surface area contributed by atoms with E-state index in [4.69, 9.17) is 5.73 Å². The molecule has 0 heterocycles. The number of hydrogen-bond acceptors (Lipinski definition) is 5. The summed E-state index contributed by atoms with van der Waals surface area (Å²) >= 11 is 0. The summed E-state index contributed by atoms with van der Waals surface area (Å²) in [5.41, 5.74) is 7.56. The molecule has 8 heteroatoms. The van der Waals surface area contributed by atoms with Gasteiger partial charge in [-0.3, -0.25) is 4.79 Å². The highest BCUT2D eigenvalue weighted by molar-refractivity contribution is 7.89. The molecule has 0 unspecified atom stereocenters. The maximum Gasteiger partial charge on any atom is 0.251 e. The number of nitrogens with one attached hydrogen (secondary N) is 2. The Morgan fingerprint density at radius 2 is 2.00 bits per heavy atom. The number of hydrogen-bond donors (Lipinski definition) is 3. The fourth-order valence-corrected chi connectivity index (χ4v) is 2.18. The minimum atomic E-state index is -3.32. The van der Waals surface area contributed by atoms with E-state index in [1.165, 1.54) is 7.05 Å². The van der Waals surface area contributed by atoms with Gasteiger partial charge in [-0.25, -0.2) is 13.1 Å². The zero-order valence-corrected chi connectivity index (χ0v) is 12.6. The molecule has 1 amide bonds. The third-order valence-electron chi connectivity index (χ3n) is 2.74. The number of benzene rings is 1. The Balaban J connectivity index is 2.67. The van der Waals surface area contributed by atoms with Crippen LogP contribution in [0, 0.1) is 0 Å². The molecule has 20 heavy (non-hydrogen) atoms. The van der Waals surface area contributed by atoms with E-state index < -0.39 is 10.0 Å². The first kappa shape index (κ1) is 16.3. The summed E-state index contributed by atoms with van der Waals surface area (Å²) in [6, 6.07) is 4.96. The van der Waals surface area contributed by atoms with Crippen LogP contribution in [0.1, 0.15) is 10.4 Å². The van der Waals surface area contributed by atoms with Crippen LogP contribution in [0.3, 0.4) is 0 Å². The van der Waals surface area contributed by atoms with E-state index in [0.717, 1.165) is 5.69 Å². The van der Waals surface area contributed by atoms with Gasteiger partial charge in [0, 0.05) is 26.2 Å². The van der Waals surface area contributed by atoms with Crippen LogP contribution in [-0.4, -0.2) is 47.8 Å². The highest BCUT2D eigenvalue weighted by atomic mass is 32.2. The molecule has 0 saturated carbocycles. The molecular weight excluding hydrogens is 280 g/mol. The number of anilines is 2. The van der Waals surface area contributed by atoms with Crippen molar-refractivity contribution in [3.05, 3.63) is 23.8 Å². The van der Waals surface area contributed by atoms with Gasteiger partial charge < -0.3 is 16.0 Å². The van der Waals surface area contributed by atoms with Crippen molar-refractivity contribution in [1.82, 2.24) is 10.0 Å². The molecule has 0 radical (unpaired) electrons. The molecule has 0 bridgehead atoms. The predicted molar refractivity (Wildman–Crippen MR) is 80.4 cm³/mol. The molecule has 1 rings (SSSR count). The third-order valence-corrected chi connectivity index (χ3v) is 4.10. The van der Waals surface area contributed by atoms with Gasteiger partial charge in [-0.15, -0.1) is 0 Å². The first-order chi connectivity index (χ1) is 9.26. The minimum absolute atomic E-state index is 0.0390. The van der Waals surface area contributed by atoms with Gasteiger partial charge in [0.1, 0.15) is 0 Å². The van der Waals surface area contributed by atoms with Gasteiger partial charge in [0.2, 0.25) is 10.0 Å². The van der Waals surface area contributed by atoms with Gasteiger partial charge in [-0.05, 0) is 25.2 Å². The molecule has 7 nitrogen and oxygen atoms in total. The van der Waals surface area contributed by atoms with Crippen molar-refractivity contribution in [2.45, 2.75) is 0 Å². The van der Waals surface area contributed by atoms with Gasteiger partial charge >= 0.3 is 0 Å². The Morgan fingerprint density at radius 3 is 2.50 bits per heavy atom. The van der Waals surface area contributed by atoms with Crippen LogP contribution in [0.5, 0.6) is 0 Å². The number of sulfonamides is 1. The quantitative estimate of drug-likeness (QED) is 0.621. The van der Waals surface area contributed by atoms with Gasteiger partial charge in [-0.2, -0.15) is 0 Å². The molecule has 4 N–H and O–H groups in total. The summed E-state index contributed by atoms with van der Waals surface area (Å²) in [6.07, 6.45) is 0. The van der Waals surface area contributed by atoms with E-state index in [2.05, 4.69) is 10.0 Å².